The van der Waals surface area contributed by atoms with E-state index in [2.05, 4.69) is 10.5 Å². The maximum atomic E-state index is 12.2. The van der Waals surface area contributed by atoms with Crippen LogP contribution >= 0.6 is 23.2 Å². The Kier molecular flexibility index (Phi) is 8.36. The van der Waals surface area contributed by atoms with Crippen LogP contribution in [0.3, 0.4) is 0 Å². The van der Waals surface area contributed by atoms with Crippen molar-refractivity contribution in [3.63, 3.8) is 0 Å². The molecule has 1 amide bonds. The van der Waals surface area contributed by atoms with Crippen LogP contribution in [-0.2, 0) is 6.61 Å². The zero-order valence-corrected chi connectivity index (χ0v) is 19.1. The van der Waals surface area contributed by atoms with Gasteiger partial charge >= 0.3 is 0 Å². The zero-order valence-electron chi connectivity index (χ0n) is 17.6. The van der Waals surface area contributed by atoms with Crippen molar-refractivity contribution < 1.29 is 19.0 Å². The summed E-state index contributed by atoms with van der Waals surface area (Å²) in [5.41, 5.74) is 4.41. The number of nitrogens with zero attached hydrogens (tertiary/aromatic N) is 1. The van der Waals surface area contributed by atoms with E-state index < -0.39 is 0 Å². The summed E-state index contributed by atoms with van der Waals surface area (Å²) in [7, 11) is 1.56. The molecule has 0 unspecified atom stereocenters. The molecule has 0 heterocycles. The zero-order chi connectivity index (χ0) is 22.9. The number of benzene rings is 3. The maximum absolute atomic E-state index is 12.2. The number of nitrogens with one attached hydrogen (secondary N) is 1. The van der Waals surface area contributed by atoms with E-state index in [0.29, 0.717) is 45.0 Å². The van der Waals surface area contributed by atoms with Crippen molar-refractivity contribution >= 4 is 35.3 Å². The second-order valence-electron chi connectivity index (χ2n) is 6.57. The summed E-state index contributed by atoms with van der Waals surface area (Å²) in [4.78, 5) is 12.2. The third-order valence-electron chi connectivity index (χ3n) is 4.39. The fraction of sp³-hybridized carbons (Fsp3) is 0.167. The summed E-state index contributed by atoms with van der Waals surface area (Å²) in [5.74, 6) is 1.20. The number of rotatable bonds is 9. The molecule has 3 rings (SSSR count). The molecule has 0 aliphatic rings. The molecule has 0 radical (unpaired) electrons. The Morgan fingerprint density at radius 2 is 1.78 bits per heavy atom. The number of hydrazone groups is 1. The first-order chi connectivity index (χ1) is 15.5. The van der Waals surface area contributed by atoms with Crippen LogP contribution in [0.1, 0.15) is 28.4 Å². The van der Waals surface area contributed by atoms with Crippen LogP contribution in [-0.4, -0.2) is 25.8 Å². The molecule has 32 heavy (non-hydrogen) atoms. The van der Waals surface area contributed by atoms with Gasteiger partial charge in [0.2, 0.25) is 0 Å². The lowest BCUT2D eigenvalue weighted by Crippen LogP contribution is -2.17. The lowest BCUT2D eigenvalue weighted by atomic mass is 10.2. The molecule has 0 aromatic heterocycles. The molecule has 3 aromatic rings. The Morgan fingerprint density at radius 3 is 2.47 bits per heavy atom. The van der Waals surface area contributed by atoms with Gasteiger partial charge in [0.1, 0.15) is 12.4 Å². The average Bonchev–Trinajstić information content (AvgIpc) is 2.80. The molecule has 0 aliphatic heterocycles. The van der Waals surface area contributed by atoms with Crippen molar-refractivity contribution in [1.29, 1.82) is 0 Å². The molecule has 166 valence electrons. The van der Waals surface area contributed by atoms with Gasteiger partial charge in [0.15, 0.2) is 11.5 Å². The Morgan fingerprint density at radius 1 is 1.03 bits per heavy atom. The molecule has 8 heteroatoms. The number of amides is 1. The molecule has 0 spiro atoms. The number of hydrogen-bond acceptors (Lipinski definition) is 5. The third-order valence-corrected chi connectivity index (χ3v) is 5.04. The van der Waals surface area contributed by atoms with Gasteiger partial charge in [0, 0.05) is 16.1 Å². The highest BCUT2D eigenvalue weighted by Crippen LogP contribution is 2.37. The summed E-state index contributed by atoms with van der Waals surface area (Å²) in [6.45, 7) is 2.53. The number of methoxy groups -OCH3 is 1. The van der Waals surface area contributed by atoms with Gasteiger partial charge in [0.05, 0.1) is 25.0 Å². The first-order valence-corrected chi connectivity index (χ1v) is 10.6. The molecular formula is C24H22Cl2N2O4. The number of hydrogen-bond donors (Lipinski definition) is 1. The number of carbonyl (C=O) groups is 1. The fourth-order valence-electron chi connectivity index (χ4n) is 2.80. The summed E-state index contributed by atoms with van der Waals surface area (Å²) >= 11 is 12.6. The minimum Gasteiger partial charge on any atom is -0.497 e. The van der Waals surface area contributed by atoms with E-state index in [1.165, 1.54) is 6.21 Å². The van der Waals surface area contributed by atoms with Crippen molar-refractivity contribution in [3.05, 3.63) is 87.4 Å². The Labute approximate surface area is 196 Å². The normalized spacial score (nSPS) is 10.8. The lowest BCUT2D eigenvalue weighted by Gasteiger charge is -2.15. The SMILES string of the molecule is CCOc1cc(/C=N\NC(=O)c2ccc(OC)cc2)cc(Cl)c1OCc1ccccc1Cl. The molecule has 0 saturated carbocycles. The average molecular weight is 473 g/mol. The highest BCUT2D eigenvalue weighted by molar-refractivity contribution is 6.32. The van der Waals surface area contributed by atoms with Crippen LogP contribution in [0.2, 0.25) is 10.0 Å². The Bertz CT molecular complexity index is 1100. The first kappa shape index (κ1) is 23.4. The highest BCUT2D eigenvalue weighted by atomic mass is 35.5. The van der Waals surface area contributed by atoms with Gasteiger partial charge in [-0.1, -0.05) is 41.4 Å². The minimum atomic E-state index is -0.347. The summed E-state index contributed by atoms with van der Waals surface area (Å²) in [6.07, 6.45) is 1.48. The summed E-state index contributed by atoms with van der Waals surface area (Å²) < 4.78 is 16.7. The van der Waals surface area contributed by atoms with Crippen LogP contribution in [0.4, 0.5) is 0 Å². The van der Waals surface area contributed by atoms with Gasteiger partial charge < -0.3 is 14.2 Å². The van der Waals surface area contributed by atoms with Gasteiger partial charge in [-0.15, -0.1) is 0 Å². The van der Waals surface area contributed by atoms with Crippen molar-refractivity contribution in [2.45, 2.75) is 13.5 Å². The van der Waals surface area contributed by atoms with Crippen molar-refractivity contribution in [2.24, 2.45) is 5.10 Å². The molecule has 6 nitrogen and oxygen atoms in total. The number of ether oxygens (including phenoxy) is 3. The fourth-order valence-corrected chi connectivity index (χ4v) is 3.27. The summed E-state index contributed by atoms with van der Waals surface area (Å²) in [6, 6.07) is 17.5. The van der Waals surface area contributed by atoms with Crippen molar-refractivity contribution in [3.8, 4) is 17.2 Å². The number of halogens is 2. The van der Waals surface area contributed by atoms with E-state index >= 15 is 0 Å². The van der Waals surface area contributed by atoms with E-state index in [4.69, 9.17) is 37.4 Å². The van der Waals surface area contributed by atoms with E-state index in [0.717, 1.165) is 5.56 Å². The largest absolute Gasteiger partial charge is 0.497 e. The van der Waals surface area contributed by atoms with Crippen LogP contribution < -0.4 is 19.6 Å². The Balaban J connectivity index is 1.71. The maximum Gasteiger partial charge on any atom is 0.271 e. The van der Waals surface area contributed by atoms with Crippen LogP contribution in [0.15, 0.2) is 65.8 Å². The van der Waals surface area contributed by atoms with Crippen molar-refractivity contribution in [2.75, 3.05) is 13.7 Å². The topological polar surface area (TPSA) is 69.2 Å². The monoisotopic (exact) mass is 472 g/mol. The van der Waals surface area contributed by atoms with Crippen LogP contribution in [0.5, 0.6) is 17.2 Å². The predicted octanol–water partition coefficient (Wildman–Crippen LogP) is 5.74. The van der Waals surface area contributed by atoms with Gasteiger partial charge in [0.25, 0.3) is 5.91 Å². The van der Waals surface area contributed by atoms with Crippen molar-refractivity contribution in [1.82, 2.24) is 5.43 Å². The second-order valence-corrected chi connectivity index (χ2v) is 7.39. The molecule has 0 bridgehead atoms. The molecular weight excluding hydrogens is 451 g/mol. The van der Waals surface area contributed by atoms with E-state index in [9.17, 15) is 4.79 Å². The van der Waals surface area contributed by atoms with Gasteiger partial charge in [-0.05, 0) is 55.0 Å². The molecule has 3 aromatic carbocycles. The Hall–Kier alpha value is -3.22. The number of carbonyl (C=O) groups excluding carboxylic acids is 1. The molecule has 0 fully saturated rings. The lowest BCUT2D eigenvalue weighted by molar-refractivity contribution is 0.0955. The smallest absolute Gasteiger partial charge is 0.271 e. The highest BCUT2D eigenvalue weighted by Gasteiger charge is 2.13. The molecule has 0 aliphatic carbocycles. The molecule has 0 saturated heterocycles. The van der Waals surface area contributed by atoms with Gasteiger partial charge in [-0.2, -0.15) is 5.10 Å². The quantitative estimate of drug-likeness (QED) is 0.318. The van der Waals surface area contributed by atoms with E-state index in [1.807, 2.05) is 25.1 Å². The third kappa shape index (κ3) is 6.15. The van der Waals surface area contributed by atoms with Crippen LogP contribution in [0, 0.1) is 0 Å². The van der Waals surface area contributed by atoms with E-state index in [1.54, 1.807) is 49.6 Å². The van der Waals surface area contributed by atoms with Gasteiger partial charge in [-0.25, -0.2) is 5.43 Å². The van der Waals surface area contributed by atoms with Crippen LogP contribution in [0.25, 0.3) is 0 Å². The molecule has 0 atom stereocenters. The van der Waals surface area contributed by atoms with E-state index in [-0.39, 0.29) is 12.5 Å². The van der Waals surface area contributed by atoms with Gasteiger partial charge in [-0.3, -0.25) is 4.79 Å². The predicted molar refractivity (Wildman–Crippen MR) is 126 cm³/mol. The minimum absolute atomic E-state index is 0.241. The summed E-state index contributed by atoms with van der Waals surface area (Å²) in [5, 5.41) is 4.97. The molecule has 1 N–H and O–H groups in total. The first-order valence-electron chi connectivity index (χ1n) is 9.81. The standard InChI is InChI=1S/C24H22Cl2N2O4/c1-3-31-22-13-16(14-27-28-24(29)17-8-10-19(30-2)11-9-17)12-21(26)23(22)32-15-18-6-4-5-7-20(18)25/h4-14H,3,15H2,1-2H3,(H,28,29)/b27-14-. The second kappa shape index (κ2) is 11.4.